The number of benzene rings is 1. The molecule has 2 aliphatic rings. The average Bonchev–Trinajstić information content (AvgIpc) is 2.96. The molecule has 2 atom stereocenters. The molecule has 0 spiro atoms. The number of amides is 1. The van der Waals surface area contributed by atoms with Gasteiger partial charge in [-0.1, -0.05) is 32.0 Å². The Labute approximate surface area is 152 Å². The summed E-state index contributed by atoms with van der Waals surface area (Å²) in [7, 11) is -3.33. The first kappa shape index (κ1) is 16.8. The number of nitrogens with zero attached hydrogens (tertiary/aromatic N) is 1. The first-order chi connectivity index (χ1) is 11.8. The Balaban J connectivity index is 1.72. The standard InChI is InChI=1S/C19H21NO3S2/c1-12-7-13(2)10-20(9-12)19(21)16-8-14-11-25(22,23)17-6-4-3-5-15(17)18(14)24-16/h3-6,8,12-13H,7,9-11H2,1-2H3. The number of piperidine rings is 1. The highest BCUT2D eigenvalue weighted by Gasteiger charge is 2.32. The molecular formula is C19H21NO3S2. The van der Waals surface area contributed by atoms with Gasteiger partial charge in [0, 0.05) is 23.5 Å². The molecule has 1 saturated heterocycles. The van der Waals surface area contributed by atoms with Gasteiger partial charge in [-0.3, -0.25) is 4.79 Å². The summed E-state index contributed by atoms with van der Waals surface area (Å²) in [6.45, 7) is 5.91. The summed E-state index contributed by atoms with van der Waals surface area (Å²) in [4.78, 5) is 16.8. The number of hydrogen-bond donors (Lipinski definition) is 0. The SMILES string of the molecule is CC1CC(C)CN(C(=O)c2cc3c(s2)-c2ccccc2S(=O)(=O)C3)C1. The molecule has 2 aromatic rings. The van der Waals surface area contributed by atoms with Gasteiger partial charge in [0.1, 0.15) is 0 Å². The highest BCUT2D eigenvalue weighted by atomic mass is 32.2. The third kappa shape index (κ3) is 2.91. The molecule has 1 amide bonds. The van der Waals surface area contributed by atoms with Crippen molar-refractivity contribution in [1.29, 1.82) is 0 Å². The first-order valence-corrected chi connectivity index (χ1v) is 11.1. The van der Waals surface area contributed by atoms with E-state index < -0.39 is 9.84 Å². The van der Waals surface area contributed by atoms with Crippen LogP contribution in [0.4, 0.5) is 0 Å². The highest BCUT2D eigenvalue weighted by molar-refractivity contribution is 7.91. The maximum Gasteiger partial charge on any atom is 0.263 e. The Hall–Kier alpha value is -1.66. The van der Waals surface area contributed by atoms with Crippen LogP contribution in [0.3, 0.4) is 0 Å². The van der Waals surface area contributed by atoms with Crippen LogP contribution in [0.15, 0.2) is 35.2 Å². The number of sulfone groups is 1. The summed E-state index contributed by atoms with van der Waals surface area (Å²) in [5.41, 5.74) is 1.48. The first-order valence-electron chi connectivity index (χ1n) is 8.59. The third-order valence-corrected chi connectivity index (χ3v) is 7.90. The second-order valence-electron chi connectivity index (χ2n) is 7.38. The van der Waals surface area contributed by atoms with Crippen molar-refractivity contribution in [2.75, 3.05) is 13.1 Å². The summed E-state index contributed by atoms with van der Waals surface area (Å²) < 4.78 is 25.0. The molecule has 0 aliphatic carbocycles. The minimum Gasteiger partial charge on any atom is -0.337 e. The molecule has 25 heavy (non-hydrogen) atoms. The van der Waals surface area contributed by atoms with Gasteiger partial charge < -0.3 is 4.90 Å². The zero-order valence-electron chi connectivity index (χ0n) is 14.4. The Bertz CT molecular complexity index is 935. The van der Waals surface area contributed by atoms with Crippen LogP contribution < -0.4 is 0 Å². The van der Waals surface area contributed by atoms with Crippen LogP contribution in [0.5, 0.6) is 0 Å². The lowest BCUT2D eigenvalue weighted by Gasteiger charge is -2.34. The molecule has 0 N–H and O–H groups in total. The predicted octanol–water partition coefficient (Wildman–Crippen LogP) is 3.82. The number of rotatable bonds is 1. The van der Waals surface area contributed by atoms with E-state index >= 15 is 0 Å². The van der Waals surface area contributed by atoms with E-state index in [2.05, 4.69) is 13.8 Å². The maximum absolute atomic E-state index is 13.0. The van der Waals surface area contributed by atoms with E-state index in [0.717, 1.165) is 35.5 Å². The summed E-state index contributed by atoms with van der Waals surface area (Å²) in [5, 5.41) is 0. The minimum atomic E-state index is -3.33. The summed E-state index contributed by atoms with van der Waals surface area (Å²) >= 11 is 1.43. The van der Waals surface area contributed by atoms with Crippen LogP contribution in [0.2, 0.25) is 0 Å². The quantitative estimate of drug-likeness (QED) is 0.761. The van der Waals surface area contributed by atoms with Crippen LogP contribution in [0.25, 0.3) is 10.4 Å². The van der Waals surface area contributed by atoms with Crippen molar-refractivity contribution in [2.45, 2.75) is 30.9 Å². The fourth-order valence-electron chi connectivity index (χ4n) is 4.06. The largest absolute Gasteiger partial charge is 0.337 e. The predicted molar refractivity (Wildman–Crippen MR) is 99.5 cm³/mol. The van der Waals surface area contributed by atoms with E-state index in [4.69, 9.17) is 0 Å². The lowest BCUT2D eigenvalue weighted by Crippen LogP contribution is -2.42. The van der Waals surface area contributed by atoms with Gasteiger partial charge in [-0.25, -0.2) is 8.42 Å². The fraction of sp³-hybridized carbons (Fsp3) is 0.421. The smallest absolute Gasteiger partial charge is 0.263 e. The fourth-order valence-corrected chi connectivity index (χ4v) is 6.99. The molecule has 0 bridgehead atoms. The third-order valence-electron chi connectivity index (χ3n) is 4.99. The van der Waals surface area contributed by atoms with Gasteiger partial charge in [0.25, 0.3) is 5.91 Å². The molecule has 4 rings (SSSR count). The molecular weight excluding hydrogens is 354 g/mol. The van der Waals surface area contributed by atoms with Crippen molar-refractivity contribution >= 4 is 27.1 Å². The van der Waals surface area contributed by atoms with Crippen molar-refractivity contribution in [1.82, 2.24) is 4.90 Å². The second kappa shape index (κ2) is 5.95. The Morgan fingerprint density at radius 1 is 1.16 bits per heavy atom. The van der Waals surface area contributed by atoms with Crippen LogP contribution >= 0.6 is 11.3 Å². The van der Waals surface area contributed by atoms with Crippen LogP contribution in [-0.4, -0.2) is 32.3 Å². The zero-order valence-corrected chi connectivity index (χ0v) is 16.0. The molecule has 1 fully saturated rings. The number of carbonyl (C=O) groups excluding carboxylic acids is 1. The van der Waals surface area contributed by atoms with Crippen LogP contribution in [0, 0.1) is 11.8 Å². The molecule has 2 aliphatic heterocycles. The van der Waals surface area contributed by atoms with Crippen molar-refractivity contribution in [3.8, 4) is 10.4 Å². The molecule has 0 saturated carbocycles. The van der Waals surface area contributed by atoms with E-state index in [1.54, 1.807) is 18.2 Å². The number of likely N-dealkylation sites (tertiary alicyclic amines) is 1. The number of fused-ring (bicyclic) bond motifs is 3. The maximum atomic E-state index is 13.0. The Morgan fingerprint density at radius 2 is 1.84 bits per heavy atom. The molecule has 132 valence electrons. The van der Waals surface area contributed by atoms with Gasteiger partial charge in [-0.15, -0.1) is 11.3 Å². The molecule has 4 nitrogen and oxygen atoms in total. The Morgan fingerprint density at radius 3 is 2.56 bits per heavy atom. The average molecular weight is 376 g/mol. The summed E-state index contributed by atoms with van der Waals surface area (Å²) in [5.74, 6) is 1.02. The Kier molecular flexibility index (Phi) is 4.00. The normalized spacial score (nSPS) is 24.5. The van der Waals surface area contributed by atoms with E-state index in [-0.39, 0.29) is 11.7 Å². The van der Waals surface area contributed by atoms with Gasteiger partial charge in [0.2, 0.25) is 0 Å². The van der Waals surface area contributed by atoms with Gasteiger partial charge in [-0.05, 0) is 36.0 Å². The number of hydrogen-bond acceptors (Lipinski definition) is 4. The van der Waals surface area contributed by atoms with E-state index in [9.17, 15) is 13.2 Å². The van der Waals surface area contributed by atoms with Crippen LogP contribution in [0.1, 0.15) is 35.5 Å². The van der Waals surface area contributed by atoms with Crippen molar-refractivity contribution in [2.24, 2.45) is 11.8 Å². The molecule has 2 unspecified atom stereocenters. The van der Waals surface area contributed by atoms with Crippen molar-refractivity contribution in [3.63, 3.8) is 0 Å². The van der Waals surface area contributed by atoms with Crippen LogP contribution in [-0.2, 0) is 15.6 Å². The van der Waals surface area contributed by atoms with E-state index in [1.807, 2.05) is 17.0 Å². The summed E-state index contributed by atoms with van der Waals surface area (Å²) in [6, 6.07) is 8.87. The van der Waals surface area contributed by atoms with Gasteiger partial charge in [0.05, 0.1) is 15.5 Å². The van der Waals surface area contributed by atoms with Gasteiger partial charge >= 0.3 is 0 Å². The molecule has 0 radical (unpaired) electrons. The van der Waals surface area contributed by atoms with E-state index in [1.165, 1.54) is 11.3 Å². The highest BCUT2D eigenvalue weighted by Crippen LogP contribution is 2.43. The molecule has 3 heterocycles. The van der Waals surface area contributed by atoms with E-state index in [0.29, 0.717) is 21.6 Å². The second-order valence-corrected chi connectivity index (χ2v) is 10.4. The van der Waals surface area contributed by atoms with Crippen molar-refractivity contribution < 1.29 is 13.2 Å². The number of thiophene rings is 1. The minimum absolute atomic E-state index is 0.0179. The molecule has 1 aromatic heterocycles. The monoisotopic (exact) mass is 375 g/mol. The summed E-state index contributed by atoms with van der Waals surface area (Å²) in [6.07, 6.45) is 1.15. The molecule has 1 aromatic carbocycles. The topological polar surface area (TPSA) is 54.5 Å². The lowest BCUT2D eigenvalue weighted by atomic mass is 9.92. The van der Waals surface area contributed by atoms with Gasteiger partial charge in [-0.2, -0.15) is 0 Å². The van der Waals surface area contributed by atoms with Gasteiger partial charge in [0.15, 0.2) is 9.84 Å². The lowest BCUT2D eigenvalue weighted by molar-refractivity contribution is 0.0628. The zero-order chi connectivity index (χ0) is 17.8. The molecule has 6 heteroatoms. The van der Waals surface area contributed by atoms with Crippen molar-refractivity contribution in [3.05, 3.63) is 40.8 Å². The number of carbonyl (C=O) groups is 1.